The van der Waals surface area contributed by atoms with Crippen LogP contribution in [0.1, 0.15) is 43.2 Å². The Balaban J connectivity index is 1.57. The maximum Gasteiger partial charge on any atom is 0.264 e. The molecule has 252 valence electrons. The lowest BCUT2D eigenvalue weighted by molar-refractivity contribution is -0.140. The monoisotopic (exact) mass is 707 g/mol. The molecule has 1 fully saturated rings. The molecular weight excluding hydrogens is 669 g/mol. The molecule has 1 aliphatic carbocycles. The van der Waals surface area contributed by atoms with Crippen molar-refractivity contribution in [2.45, 2.75) is 62.0 Å². The highest BCUT2D eigenvalue weighted by Gasteiger charge is 2.35. The van der Waals surface area contributed by atoms with Crippen molar-refractivity contribution in [1.82, 2.24) is 10.2 Å². The Kier molecular flexibility index (Phi) is 12.0. The van der Waals surface area contributed by atoms with Crippen LogP contribution in [-0.2, 0) is 32.6 Å². The molecular formula is C37H39Cl2N3O5S. The van der Waals surface area contributed by atoms with E-state index in [2.05, 4.69) is 5.32 Å². The average molecular weight is 709 g/mol. The molecule has 0 heterocycles. The van der Waals surface area contributed by atoms with E-state index < -0.39 is 28.5 Å². The molecule has 1 N–H and O–H groups in total. The van der Waals surface area contributed by atoms with Gasteiger partial charge in [0.25, 0.3) is 10.0 Å². The van der Waals surface area contributed by atoms with Crippen molar-refractivity contribution in [3.8, 4) is 5.75 Å². The zero-order chi connectivity index (χ0) is 34.1. The van der Waals surface area contributed by atoms with Gasteiger partial charge in [0.1, 0.15) is 18.3 Å². The predicted octanol–water partition coefficient (Wildman–Crippen LogP) is 7.29. The molecule has 4 aromatic carbocycles. The van der Waals surface area contributed by atoms with Crippen LogP contribution in [0, 0.1) is 0 Å². The molecule has 0 unspecified atom stereocenters. The second-order valence-corrected chi connectivity index (χ2v) is 14.6. The molecule has 4 aromatic rings. The number of benzene rings is 4. The van der Waals surface area contributed by atoms with Crippen molar-refractivity contribution in [2.75, 3.05) is 18.0 Å². The SMILES string of the molecule is COc1ccc(N(CC(=O)N(Cc2cccc(Cl)c2)[C@@H](Cc2ccccc2)C(=O)NC2CCCCC2)S(=O)(=O)c2ccccc2)cc1Cl. The Morgan fingerprint density at radius 3 is 2.17 bits per heavy atom. The highest BCUT2D eigenvalue weighted by molar-refractivity contribution is 7.92. The minimum atomic E-state index is -4.26. The van der Waals surface area contributed by atoms with E-state index in [1.807, 2.05) is 36.4 Å². The van der Waals surface area contributed by atoms with Crippen molar-refractivity contribution in [3.05, 3.63) is 124 Å². The molecule has 1 atom stereocenters. The minimum Gasteiger partial charge on any atom is -0.495 e. The van der Waals surface area contributed by atoms with Gasteiger partial charge in [-0.3, -0.25) is 13.9 Å². The van der Waals surface area contributed by atoms with Gasteiger partial charge in [0, 0.05) is 24.0 Å². The molecule has 2 amide bonds. The molecule has 0 aliphatic heterocycles. The van der Waals surface area contributed by atoms with Crippen LogP contribution in [0.4, 0.5) is 5.69 Å². The van der Waals surface area contributed by atoms with Gasteiger partial charge in [-0.2, -0.15) is 0 Å². The largest absolute Gasteiger partial charge is 0.495 e. The number of hydrogen-bond acceptors (Lipinski definition) is 5. The van der Waals surface area contributed by atoms with Crippen molar-refractivity contribution in [3.63, 3.8) is 0 Å². The molecule has 48 heavy (non-hydrogen) atoms. The molecule has 0 radical (unpaired) electrons. The number of carbonyl (C=O) groups excluding carboxylic acids is 2. The first-order valence-electron chi connectivity index (χ1n) is 16.0. The number of halogens is 2. The summed E-state index contributed by atoms with van der Waals surface area (Å²) < 4.78 is 34.7. The van der Waals surface area contributed by atoms with Crippen LogP contribution in [0.25, 0.3) is 0 Å². The van der Waals surface area contributed by atoms with Crippen LogP contribution in [0.2, 0.25) is 10.0 Å². The van der Waals surface area contributed by atoms with Crippen molar-refractivity contribution in [2.24, 2.45) is 0 Å². The smallest absolute Gasteiger partial charge is 0.264 e. The third-order valence-electron chi connectivity index (χ3n) is 8.50. The lowest BCUT2D eigenvalue weighted by Crippen LogP contribution is -2.55. The number of amides is 2. The Morgan fingerprint density at radius 1 is 0.854 bits per heavy atom. The van der Waals surface area contributed by atoms with Crippen molar-refractivity contribution in [1.29, 1.82) is 0 Å². The second kappa shape index (κ2) is 16.4. The van der Waals surface area contributed by atoms with Gasteiger partial charge < -0.3 is 15.0 Å². The fourth-order valence-corrected chi connectivity index (χ4v) is 7.88. The van der Waals surface area contributed by atoms with E-state index in [9.17, 15) is 18.0 Å². The van der Waals surface area contributed by atoms with Crippen LogP contribution in [0.15, 0.2) is 108 Å². The standard InChI is InChI=1S/C37H39Cl2N3O5S/c1-47-35-21-20-31(24-33(35)39)42(48(45,46)32-18-9-4-10-19-32)26-36(43)41(25-28-14-11-15-29(38)22-28)34(23-27-12-5-2-6-13-27)37(44)40-30-16-7-3-8-17-30/h2,4-6,9-15,18-22,24,30,34H,3,7-8,16-17,23,25-26H2,1H3,(H,40,44)/t34-/m0/s1. The first-order chi connectivity index (χ1) is 23.2. The first-order valence-corrected chi connectivity index (χ1v) is 18.1. The highest BCUT2D eigenvalue weighted by Crippen LogP contribution is 2.32. The number of sulfonamides is 1. The predicted molar refractivity (Wildman–Crippen MR) is 190 cm³/mol. The molecule has 1 saturated carbocycles. The Morgan fingerprint density at radius 2 is 1.52 bits per heavy atom. The quantitative estimate of drug-likeness (QED) is 0.158. The van der Waals surface area contributed by atoms with Gasteiger partial charge in [-0.25, -0.2) is 8.42 Å². The number of rotatable bonds is 13. The lowest BCUT2D eigenvalue weighted by atomic mass is 9.94. The Labute approximate surface area is 292 Å². The molecule has 8 nitrogen and oxygen atoms in total. The van der Waals surface area contributed by atoms with Gasteiger partial charge in [-0.15, -0.1) is 0 Å². The van der Waals surface area contributed by atoms with Crippen LogP contribution in [0.3, 0.4) is 0 Å². The Hall–Kier alpha value is -4.05. The van der Waals surface area contributed by atoms with E-state index in [0.717, 1.165) is 42.0 Å². The van der Waals surface area contributed by atoms with Crippen LogP contribution >= 0.6 is 23.2 Å². The normalized spacial score (nSPS) is 14.1. The number of nitrogens with one attached hydrogen (secondary N) is 1. The number of methoxy groups -OCH3 is 1. The summed E-state index contributed by atoms with van der Waals surface area (Å²) in [7, 11) is -2.80. The first kappa shape index (κ1) is 35.3. The minimum absolute atomic E-state index is 0.00186. The third kappa shape index (κ3) is 8.89. The Bertz CT molecular complexity index is 1800. The molecule has 0 bridgehead atoms. The zero-order valence-corrected chi connectivity index (χ0v) is 29.1. The number of hydrogen-bond donors (Lipinski definition) is 1. The van der Waals surface area contributed by atoms with Crippen molar-refractivity contribution < 1.29 is 22.7 Å². The van der Waals surface area contributed by atoms with E-state index in [0.29, 0.717) is 16.3 Å². The van der Waals surface area contributed by atoms with Gasteiger partial charge in [0.15, 0.2) is 0 Å². The fraction of sp³-hybridized carbons (Fsp3) is 0.297. The van der Waals surface area contributed by atoms with Crippen LogP contribution in [-0.4, -0.2) is 50.9 Å². The molecule has 5 rings (SSSR count). The van der Waals surface area contributed by atoms with Gasteiger partial charge in [0.05, 0.1) is 22.7 Å². The zero-order valence-electron chi connectivity index (χ0n) is 26.7. The second-order valence-electron chi connectivity index (χ2n) is 11.8. The molecule has 0 saturated heterocycles. The molecule has 11 heteroatoms. The summed E-state index contributed by atoms with van der Waals surface area (Å²) in [6.07, 6.45) is 5.14. The average Bonchev–Trinajstić information content (AvgIpc) is 3.09. The topological polar surface area (TPSA) is 96.0 Å². The molecule has 0 spiro atoms. The summed E-state index contributed by atoms with van der Waals surface area (Å²) in [5.41, 5.74) is 1.73. The number of ether oxygens (including phenoxy) is 1. The van der Waals surface area contributed by atoms with Gasteiger partial charge in [-0.1, -0.05) is 103 Å². The lowest BCUT2D eigenvalue weighted by Gasteiger charge is -2.35. The third-order valence-corrected chi connectivity index (χ3v) is 10.8. The highest BCUT2D eigenvalue weighted by atomic mass is 35.5. The van der Waals surface area contributed by atoms with Gasteiger partial charge >= 0.3 is 0 Å². The van der Waals surface area contributed by atoms with Gasteiger partial charge in [0.2, 0.25) is 11.8 Å². The van der Waals surface area contributed by atoms with E-state index in [1.54, 1.807) is 42.5 Å². The number of carbonyl (C=O) groups is 2. The molecule has 0 aromatic heterocycles. The molecule has 1 aliphatic rings. The summed E-state index contributed by atoms with van der Waals surface area (Å²) >= 11 is 12.8. The maximum absolute atomic E-state index is 14.7. The summed E-state index contributed by atoms with van der Waals surface area (Å²) in [4.78, 5) is 30.4. The maximum atomic E-state index is 14.7. The summed E-state index contributed by atoms with van der Waals surface area (Å²) in [6.45, 7) is -0.569. The van der Waals surface area contributed by atoms with Crippen LogP contribution < -0.4 is 14.4 Å². The summed E-state index contributed by atoms with van der Waals surface area (Å²) in [5.74, 6) is -0.499. The van der Waals surface area contributed by atoms with Gasteiger partial charge in [-0.05, 0) is 66.4 Å². The fourth-order valence-electron chi connectivity index (χ4n) is 5.99. The summed E-state index contributed by atoms with van der Waals surface area (Å²) in [5, 5.41) is 3.87. The number of anilines is 1. The number of nitrogens with zero attached hydrogens (tertiary/aromatic N) is 2. The van der Waals surface area contributed by atoms with E-state index in [4.69, 9.17) is 27.9 Å². The summed E-state index contributed by atoms with van der Waals surface area (Å²) in [6, 6.07) is 28.0. The van der Waals surface area contributed by atoms with E-state index in [-0.39, 0.29) is 40.5 Å². The van der Waals surface area contributed by atoms with E-state index in [1.165, 1.54) is 36.3 Å². The van der Waals surface area contributed by atoms with E-state index >= 15 is 0 Å². The van der Waals surface area contributed by atoms with Crippen molar-refractivity contribution >= 4 is 50.7 Å². The van der Waals surface area contributed by atoms with Crippen LogP contribution in [0.5, 0.6) is 5.75 Å².